The molecule has 1 saturated heterocycles. The fourth-order valence-corrected chi connectivity index (χ4v) is 2.96. The van der Waals surface area contributed by atoms with Crippen LogP contribution in [0.4, 0.5) is 5.82 Å². The number of anilines is 1. The number of rotatable bonds is 6. The monoisotopic (exact) mass is 292 g/mol. The smallest absolute Gasteiger partial charge is 0.339 e. The van der Waals surface area contributed by atoms with E-state index in [4.69, 9.17) is 0 Å². The van der Waals surface area contributed by atoms with Gasteiger partial charge in [0.1, 0.15) is 5.56 Å². The summed E-state index contributed by atoms with van der Waals surface area (Å²) in [5.41, 5.74) is 1.86. The van der Waals surface area contributed by atoms with Crippen molar-refractivity contribution >= 4 is 11.8 Å². The second-order valence-corrected chi connectivity index (χ2v) is 5.66. The molecule has 21 heavy (non-hydrogen) atoms. The molecule has 6 heteroatoms. The van der Waals surface area contributed by atoms with Crippen molar-refractivity contribution in [3.8, 4) is 0 Å². The van der Waals surface area contributed by atoms with Crippen LogP contribution in [0, 0.1) is 5.92 Å². The minimum Gasteiger partial charge on any atom is -0.478 e. The molecule has 0 spiro atoms. The summed E-state index contributed by atoms with van der Waals surface area (Å²) in [6, 6.07) is 0. The highest BCUT2D eigenvalue weighted by molar-refractivity contribution is 5.95. The fraction of sp³-hybridized carbons (Fsp3) is 0.667. The molecule has 0 saturated carbocycles. The largest absolute Gasteiger partial charge is 0.478 e. The van der Waals surface area contributed by atoms with Gasteiger partial charge in [-0.3, -0.25) is 0 Å². The van der Waals surface area contributed by atoms with Crippen molar-refractivity contribution in [2.75, 3.05) is 32.0 Å². The molecule has 1 aliphatic rings. The number of nitrogens with one attached hydrogen (secondary N) is 1. The molecule has 0 aliphatic carbocycles. The van der Waals surface area contributed by atoms with Crippen molar-refractivity contribution < 1.29 is 9.90 Å². The van der Waals surface area contributed by atoms with Crippen LogP contribution in [0.2, 0.25) is 0 Å². The molecule has 0 amide bonds. The van der Waals surface area contributed by atoms with Crippen LogP contribution < -0.4 is 5.32 Å². The molecule has 1 fully saturated rings. The summed E-state index contributed by atoms with van der Waals surface area (Å²) in [5.74, 6) is 0.0166. The van der Waals surface area contributed by atoms with Gasteiger partial charge in [-0.2, -0.15) is 5.10 Å². The summed E-state index contributed by atoms with van der Waals surface area (Å²) in [6.07, 6.45) is 2.48. The summed E-state index contributed by atoms with van der Waals surface area (Å²) >= 11 is 0. The molecule has 1 aromatic heterocycles. The standard InChI is InChI=1S/C15H24N4O2/c1-4-11-12(5-2)17-18-14(13(11)15(20)21)16-8-10-6-7-19(3)9-10/h10H,4-9H2,1-3H3,(H,16,18)(H,20,21). The van der Waals surface area contributed by atoms with Gasteiger partial charge in [-0.1, -0.05) is 13.8 Å². The quantitative estimate of drug-likeness (QED) is 0.830. The van der Waals surface area contributed by atoms with Crippen molar-refractivity contribution in [1.29, 1.82) is 0 Å². The normalized spacial score (nSPS) is 18.9. The van der Waals surface area contributed by atoms with Gasteiger partial charge in [0.25, 0.3) is 0 Å². The van der Waals surface area contributed by atoms with Gasteiger partial charge in [0.2, 0.25) is 0 Å². The van der Waals surface area contributed by atoms with Crippen molar-refractivity contribution in [3.63, 3.8) is 0 Å². The first-order valence-electron chi connectivity index (χ1n) is 7.60. The van der Waals surface area contributed by atoms with E-state index in [2.05, 4.69) is 27.5 Å². The third-order valence-electron chi connectivity index (χ3n) is 4.11. The predicted molar refractivity (Wildman–Crippen MR) is 81.8 cm³/mol. The number of hydrogen-bond acceptors (Lipinski definition) is 5. The summed E-state index contributed by atoms with van der Waals surface area (Å²) in [5, 5.41) is 21.0. The Balaban J connectivity index is 2.20. The van der Waals surface area contributed by atoms with E-state index >= 15 is 0 Å². The number of aryl methyl sites for hydroxylation is 1. The van der Waals surface area contributed by atoms with Crippen LogP contribution in [0.3, 0.4) is 0 Å². The minimum absolute atomic E-state index is 0.288. The van der Waals surface area contributed by atoms with Crippen LogP contribution in [0.5, 0.6) is 0 Å². The van der Waals surface area contributed by atoms with Gasteiger partial charge in [0, 0.05) is 13.1 Å². The van der Waals surface area contributed by atoms with Gasteiger partial charge in [-0.25, -0.2) is 4.79 Å². The maximum absolute atomic E-state index is 11.6. The lowest BCUT2D eigenvalue weighted by molar-refractivity contribution is 0.0696. The summed E-state index contributed by atoms with van der Waals surface area (Å²) in [6.45, 7) is 6.80. The number of carboxylic acids is 1. The number of likely N-dealkylation sites (tertiary alicyclic amines) is 1. The molecular weight excluding hydrogens is 268 g/mol. The van der Waals surface area contributed by atoms with E-state index in [0.29, 0.717) is 24.6 Å². The van der Waals surface area contributed by atoms with Crippen molar-refractivity contribution in [3.05, 3.63) is 16.8 Å². The maximum atomic E-state index is 11.6. The van der Waals surface area contributed by atoms with Crippen LogP contribution >= 0.6 is 0 Å². The molecule has 6 nitrogen and oxygen atoms in total. The van der Waals surface area contributed by atoms with E-state index in [1.54, 1.807) is 0 Å². The number of hydrogen-bond donors (Lipinski definition) is 2. The lowest BCUT2D eigenvalue weighted by atomic mass is 10.0. The third-order valence-corrected chi connectivity index (χ3v) is 4.11. The van der Waals surface area contributed by atoms with Crippen LogP contribution in [-0.2, 0) is 12.8 Å². The lowest BCUT2D eigenvalue weighted by Gasteiger charge is -2.16. The molecular formula is C15H24N4O2. The highest BCUT2D eigenvalue weighted by Gasteiger charge is 2.23. The molecule has 2 heterocycles. The molecule has 1 atom stereocenters. The van der Waals surface area contributed by atoms with Gasteiger partial charge >= 0.3 is 5.97 Å². The van der Waals surface area contributed by atoms with Crippen LogP contribution in [-0.4, -0.2) is 52.9 Å². The Bertz CT molecular complexity index is 519. The summed E-state index contributed by atoms with van der Waals surface area (Å²) in [4.78, 5) is 13.9. The molecule has 2 N–H and O–H groups in total. The first-order valence-corrected chi connectivity index (χ1v) is 7.60. The maximum Gasteiger partial charge on any atom is 0.339 e. The molecule has 2 rings (SSSR count). The number of carboxylic acid groups (broad SMARTS) is 1. The Hall–Kier alpha value is -1.69. The van der Waals surface area contributed by atoms with Gasteiger partial charge in [-0.05, 0) is 44.3 Å². The summed E-state index contributed by atoms with van der Waals surface area (Å²) in [7, 11) is 2.10. The van der Waals surface area contributed by atoms with E-state index in [1.807, 2.05) is 13.8 Å². The predicted octanol–water partition coefficient (Wildman–Crippen LogP) is 1.66. The Morgan fingerprint density at radius 1 is 1.38 bits per heavy atom. The fourth-order valence-electron chi connectivity index (χ4n) is 2.96. The molecule has 116 valence electrons. The number of nitrogens with zero attached hydrogens (tertiary/aromatic N) is 3. The molecule has 0 aromatic carbocycles. The van der Waals surface area contributed by atoms with Crippen LogP contribution in [0.15, 0.2) is 0 Å². The molecule has 0 bridgehead atoms. The minimum atomic E-state index is -0.928. The van der Waals surface area contributed by atoms with Gasteiger partial charge in [0.15, 0.2) is 5.82 Å². The second kappa shape index (κ2) is 6.85. The van der Waals surface area contributed by atoms with Crippen molar-refractivity contribution in [2.45, 2.75) is 33.1 Å². The molecule has 1 aromatic rings. The highest BCUT2D eigenvalue weighted by Crippen LogP contribution is 2.22. The number of carbonyl (C=O) groups is 1. The lowest BCUT2D eigenvalue weighted by Crippen LogP contribution is -2.22. The zero-order valence-electron chi connectivity index (χ0n) is 13.0. The van der Waals surface area contributed by atoms with E-state index in [9.17, 15) is 9.90 Å². The Labute approximate surface area is 125 Å². The topological polar surface area (TPSA) is 78.4 Å². The van der Waals surface area contributed by atoms with Crippen molar-refractivity contribution in [2.24, 2.45) is 5.92 Å². The molecule has 1 unspecified atom stereocenters. The summed E-state index contributed by atoms with van der Waals surface area (Å²) < 4.78 is 0. The Kier molecular flexibility index (Phi) is 5.12. The first kappa shape index (κ1) is 15.7. The Morgan fingerprint density at radius 3 is 2.67 bits per heavy atom. The zero-order chi connectivity index (χ0) is 15.4. The molecule has 1 aliphatic heterocycles. The van der Waals surface area contributed by atoms with Gasteiger partial charge < -0.3 is 15.3 Å². The van der Waals surface area contributed by atoms with Crippen LogP contribution in [0.1, 0.15) is 41.9 Å². The average Bonchev–Trinajstić information content (AvgIpc) is 2.89. The van der Waals surface area contributed by atoms with Gasteiger partial charge in [-0.15, -0.1) is 5.10 Å². The van der Waals surface area contributed by atoms with Crippen molar-refractivity contribution in [1.82, 2.24) is 15.1 Å². The van der Waals surface area contributed by atoms with Gasteiger partial charge in [0.05, 0.1) is 5.69 Å². The van der Waals surface area contributed by atoms with E-state index in [0.717, 1.165) is 37.3 Å². The van der Waals surface area contributed by atoms with Crippen LogP contribution in [0.25, 0.3) is 0 Å². The van der Waals surface area contributed by atoms with E-state index in [-0.39, 0.29) is 5.56 Å². The zero-order valence-corrected chi connectivity index (χ0v) is 13.0. The van der Waals surface area contributed by atoms with E-state index in [1.165, 1.54) is 0 Å². The van der Waals surface area contributed by atoms with E-state index < -0.39 is 5.97 Å². The average molecular weight is 292 g/mol. The Morgan fingerprint density at radius 2 is 2.14 bits per heavy atom. The second-order valence-electron chi connectivity index (χ2n) is 5.66. The third kappa shape index (κ3) is 3.50. The molecule has 0 radical (unpaired) electrons. The highest BCUT2D eigenvalue weighted by atomic mass is 16.4. The number of aromatic nitrogens is 2. The SMILES string of the molecule is CCc1nnc(NCC2CCN(C)C2)c(C(=O)O)c1CC. The number of aromatic carboxylic acids is 1. The first-order chi connectivity index (χ1) is 10.1.